The molecule has 1 aromatic rings. The largest absolute Gasteiger partial charge is 0.543 e. The molecule has 0 N–H and O–H groups in total. The van der Waals surface area contributed by atoms with E-state index >= 15 is 0 Å². The van der Waals surface area contributed by atoms with E-state index in [0.717, 1.165) is 44.1 Å². The molecule has 1 aromatic carbocycles. The third-order valence-corrected chi connectivity index (χ3v) is 3.57. The number of carbonyl (C=O) groups excluding carboxylic acids is 2. The fraction of sp³-hybridized carbons (Fsp3) is 0.556. The maximum absolute atomic E-state index is 11.7. The van der Waals surface area contributed by atoms with Gasteiger partial charge in [-0.1, -0.05) is 45.2 Å². The van der Waals surface area contributed by atoms with Gasteiger partial charge in [-0.3, -0.25) is 4.89 Å². The van der Waals surface area contributed by atoms with Gasteiger partial charge in [0.05, 0.1) is 10.6 Å². The van der Waals surface area contributed by atoms with E-state index in [9.17, 15) is 9.59 Å². The molecule has 0 heterocycles. The zero-order chi connectivity index (χ0) is 17.8. The molecule has 0 aliphatic carbocycles. The first-order valence-corrected chi connectivity index (χ1v) is 8.41. The van der Waals surface area contributed by atoms with Gasteiger partial charge in [-0.2, -0.15) is 0 Å². The van der Waals surface area contributed by atoms with E-state index in [4.69, 9.17) is 4.74 Å². The molecule has 6 heteroatoms. The topological polar surface area (TPSA) is 71.1 Å². The third-order valence-electron chi connectivity index (χ3n) is 3.57. The van der Waals surface area contributed by atoms with Crippen molar-refractivity contribution in [2.24, 2.45) is 0 Å². The van der Waals surface area contributed by atoms with Crippen molar-refractivity contribution in [3.8, 4) is 0 Å². The predicted octanol–water partition coefficient (Wildman–Crippen LogP) is 4.76. The number of rotatable bonds is 10. The number of ether oxygens (including phenoxy) is 1. The van der Waals surface area contributed by atoms with Gasteiger partial charge in [0.15, 0.2) is 0 Å². The average molecular weight is 338 g/mol. The monoisotopic (exact) mass is 338 g/mol. The molecule has 0 aromatic heterocycles. The highest BCUT2D eigenvalue weighted by atomic mass is 17.5. The second-order valence-electron chi connectivity index (χ2n) is 5.60. The van der Waals surface area contributed by atoms with Crippen molar-refractivity contribution in [3.05, 3.63) is 35.4 Å². The van der Waals surface area contributed by atoms with Gasteiger partial charge < -0.3 is 4.74 Å². The number of benzene rings is 1. The van der Waals surface area contributed by atoms with Crippen LogP contribution in [0.4, 0.5) is 4.79 Å². The first-order valence-electron chi connectivity index (χ1n) is 8.41. The van der Waals surface area contributed by atoms with Crippen molar-refractivity contribution in [1.82, 2.24) is 0 Å². The molecule has 0 aliphatic rings. The highest BCUT2D eigenvalue weighted by Gasteiger charge is 2.14. The van der Waals surface area contributed by atoms with E-state index in [1.165, 1.54) is 0 Å². The normalized spacial score (nSPS) is 11.6. The molecule has 0 saturated heterocycles. The van der Waals surface area contributed by atoms with Gasteiger partial charge in [-0.05, 0) is 43.9 Å². The summed E-state index contributed by atoms with van der Waals surface area (Å²) in [4.78, 5) is 31.7. The molecule has 0 amide bonds. The number of unbranched alkanes of at least 4 members (excludes halogenated alkanes) is 3. The lowest BCUT2D eigenvalue weighted by atomic mass is 10.1. The standard InChI is InChI=1S/C18H26O6/c1-4-6-7-8-9-14(3)21-18(20)23-24-22-17(19)16-12-10-15(5-2)11-13-16/h10-14H,4-9H2,1-3H3. The van der Waals surface area contributed by atoms with E-state index in [1.54, 1.807) is 19.1 Å². The van der Waals surface area contributed by atoms with E-state index in [1.807, 2.05) is 19.1 Å². The lowest BCUT2D eigenvalue weighted by Gasteiger charge is -2.11. The molecule has 6 nitrogen and oxygen atoms in total. The maximum Gasteiger partial charge on any atom is 0.543 e. The molecule has 0 spiro atoms. The summed E-state index contributed by atoms with van der Waals surface area (Å²) in [6.45, 7) is 5.92. The van der Waals surface area contributed by atoms with Gasteiger partial charge in [-0.15, -0.1) is 0 Å². The summed E-state index contributed by atoms with van der Waals surface area (Å²) < 4.78 is 4.97. The van der Waals surface area contributed by atoms with Gasteiger partial charge in [-0.25, -0.2) is 14.5 Å². The summed E-state index contributed by atoms with van der Waals surface area (Å²) in [5.41, 5.74) is 1.40. The Kier molecular flexibility index (Phi) is 9.53. The SMILES string of the molecule is CCCCCCC(C)OC(=O)OOOC(=O)c1ccc(CC)cc1. The van der Waals surface area contributed by atoms with Crippen LogP contribution < -0.4 is 0 Å². The summed E-state index contributed by atoms with van der Waals surface area (Å²) in [7, 11) is 0. The molecule has 0 radical (unpaired) electrons. The van der Waals surface area contributed by atoms with Gasteiger partial charge in [0.2, 0.25) is 0 Å². The second kappa shape index (κ2) is 11.5. The van der Waals surface area contributed by atoms with Gasteiger partial charge in [0, 0.05) is 0 Å². The predicted molar refractivity (Wildman–Crippen MR) is 88.1 cm³/mol. The maximum atomic E-state index is 11.7. The quantitative estimate of drug-likeness (QED) is 0.265. The highest BCUT2D eigenvalue weighted by molar-refractivity contribution is 5.88. The van der Waals surface area contributed by atoms with Crippen molar-refractivity contribution in [1.29, 1.82) is 0 Å². The zero-order valence-electron chi connectivity index (χ0n) is 14.6. The highest BCUT2D eigenvalue weighted by Crippen LogP contribution is 2.09. The average Bonchev–Trinajstić information content (AvgIpc) is 2.58. The molecule has 1 atom stereocenters. The summed E-state index contributed by atoms with van der Waals surface area (Å²) in [5, 5.41) is 4.19. The van der Waals surface area contributed by atoms with Crippen LogP contribution in [0.25, 0.3) is 0 Å². The number of hydrogen-bond acceptors (Lipinski definition) is 6. The Morgan fingerprint density at radius 3 is 2.33 bits per heavy atom. The van der Waals surface area contributed by atoms with Crippen LogP contribution in [0, 0.1) is 0 Å². The fourth-order valence-electron chi connectivity index (χ4n) is 2.10. The number of aryl methyl sites for hydroxylation is 1. The second-order valence-corrected chi connectivity index (χ2v) is 5.60. The van der Waals surface area contributed by atoms with Crippen LogP contribution in [0.5, 0.6) is 0 Å². The van der Waals surface area contributed by atoms with Crippen LogP contribution in [0.3, 0.4) is 0 Å². The minimum absolute atomic E-state index is 0.282. The lowest BCUT2D eigenvalue weighted by molar-refractivity contribution is -0.452. The zero-order valence-corrected chi connectivity index (χ0v) is 14.6. The molecule has 0 fully saturated rings. The van der Waals surface area contributed by atoms with Crippen molar-refractivity contribution in [2.45, 2.75) is 65.4 Å². The van der Waals surface area contributed by atoms with E-state index < -0.39 is 12.1 Å². The molecule has 1 unspecified atom stereocenters. The molecular weight excluding hydrogens is 312 g/mol. The Hall–Kier alpha value is -2.08. The first-order chi connectivity index (χ1) is 11.6. The Morgan fingerprint density at radius 2 is 1.71 bits per heavy atom. The number of hydrogen-bond donors (Lipinski definition) is 0. The van der Waals surface area contributed by atoms with E-state index in [0.29, 0.717) is 5.56 Å². The summed E-state index contributed by atoms with van der Waals surface area (Å²) in [5.74, 6) is -0.752. The molecule has 24 heavy (non-hydrogen) atoms. The van der Waals surface area contributed by atoms with Crippen molar-refractivity contribution in [3.63, 3.8) is 0 Å². The van der Waals surface area contributed by atoms with Crippen molar-refractivity contribution < 1.29 is 29.1 Å². The Labute approximate surface area is 142 Å². The van der Waals surface area contributed by atoms with Crippen LogP contribution in [-0.4, -0.2) is 18.2 Å². The van der Waals surface area contributed by atoms with Crippen LogP contribution in [0.2, 0.25) is 0 Å². The summed E-state index contributed by atoms with van der Waals surface area (Å²) in [6.07, 6.45) is 4.70. The minimum atomic E-state index is -1.04. The smallest absolute Gasteiger partial charge is 0.429 e. The summed E-state index contributed by atoms with van der Waals surface area (Å²) >= 11 is 0. The molecule has 0 bridgehead atoms. The van der Waals surface area contributed by atoms with Crippen LogP contribution >= 0.6 is 0 Å². The number of carbonyl (C=O) groups is 2. The van der Waals surface area contributed by atoms with Gasteiger partial charge in [0.1, 0.15) is 6.10 Å². The Morgan fingerprint density at radius 1 is 1.00 bits per heavy atom. The molecule has 1 rings (SSSR count). The molecule has 134 valence electrons. The third kappa shape index (κ3) is 7.97. The first kappa shape index (κ1) is 20.0. The lowest BCUT2D eigenvalue weighted by Crippen LogP contribution is -2.17. The van der Waals surface area contributed by atoms with E-state index in [-0.39, 0.29) is 6.10 Å². The van der Waals surface area contributed by atoms with Gasteiger partial charge >= 0.3 is 12.1 Å². The van der Waals surface area contributed by atoms with Crippen LogP contribution in [-0.2, 0) is 26.0 Å². The fourth-order valence-corrected chi connectivity index (χ4v) is 2.10. The van der Waals surface area contributed by atoms with Gasteiger partial charge in [0.25, 0.3) is 0 Å². The van der Waals surface area contributed by atoms with Crippen LogP contribution in [0.1, 0.15) is 68.8 Å². The molecule has 0 aliphatic heterocycles. The van der Waals surface area contributed by atoms with E-state index in [2.05, 4.69) is 21.7 Å². The molecular formula is C18H26O6. The van der Waals surface area contributed by atoms with Crippen molar-refractivity contribution >= 4 is 12.1 Å². The Balaban J connectivity index is 2.20. The summed E-state index contributed by atoms with van der Waals surface area (Å²) in [6, 6.07) is 6.85. The van der Waals surface area contributed by atoms with Crippen molar-refractivity contribution in [2.75, 3.05) is 0 Å². The Bertz CT molecular complexity index is 497. The molecule has 0 saturated carbocycles. The van der Waals surface area contributed by atoms with Crippen LogP contribution in [0.15, 0.2) is 24.3 Å². The minimum Gasteiger partial charge on any atom is -0.429 e.